The van der Waals surface area contributed by atoms with Gasteiger partial charge in [-0.2, -0.15) is 5.10 Å². The first-order valence-electron chi connectivity index (χ1n) is 8.35. The zero-order valence-electron chi connectivity index (χ0n) is 15.1. The third-order valence-corrected chi connectivity index (χ3v) is 4.15. The average Bonchev–Trinajstić information content (AvgIpc) is 2.92. The molecule has 0 amide bonds. The number of nitrogens with zero attached hydrogens (tertiary/aromatic N) is 2. The number of hydrogen-bond acceptors (Lipinski definition) is 3. The zero-order chi connectivity index (χ0) is 18.5. The molecule has 1 aromatic heterocycles. The highest BCUT2D eigenvalue weighted by molar-refractivity contribution is 7.80. The monoisotopic (exact) mass is 366 g/mol. The van der Waals surface area contributed by atoms with Crippen LogP contribution in [0.1, 0.15) is 17.0 Å². The van der Waals surface area contributed by atoms with E-state index in [-0.39, 0.29) is 0 Å². The molecule has 6 heteroatoms. The fourth-order valence-electron chi connectivity index (χ4n) is 2.75. The second-order valence-electron chi connectivity index (χ2n) is 6.10. The number of rotatable bonds is 5. The van der Waals surface area contributed by atoms with Crippen molar-refractivity contribution in [2.75, 3.05) is 17.7 Å². The van der Waals surface area contributed by atoms with Crippen LogP contribution in [0.4, 0.5) is 11.4 Å². The lowest BCUT2D eigenvalue weighted by molar-refractivity contribution is 0.415. The number of benzene rings is 2. The topological polar surface area (TPSA) is 51.1 Å². The van der Waals surface area contributed by atoms with E-state index in [0.717, 1.165) is 40.6 Å². The summed E-state index contributed by atoms with van der Waals surface area (Å²) in [6, 6.07) is 17.9. The minimum Gasteiger partial charge on any atom is -0.497 e. The van der Waals surface area contributed by atoms with Crippen LogP contribution in [0.25, 0.3) is 0 Å². The Morgan fingerprint density at radius 1 is 1.04 bits per heavy atom. The van der Waals surface area contributed by atoms with Crippen molar-refractivity contribution in [2.24, 2.45) is 0 Å². The molecular weight excluding hydrogens is 344 g/mol. The molecule has 26 heavy (non-hydrogen) atoms. The highest BCUT2D eigenvalue weighted by Gasteiger charge is 2.04. The molecule has 0 fully saturated rings. The van der Waals surface area contributed by atoms with Gasteiger partial charge >= 0.3 is 0 Å². The Morgan fingerprint density at radius 2 is 1.73 bits per heavy atom. The molecule has 0 aliphatic heterocycles. The maximum atomic E-state index is 5.41. The van der Waals surface area contributed by atoms with Crippen molar-refractivity contribution in [2.45, 2.75) is 20.4 Å². The Morgan fingerprint density at radius 3 is 2.38 bits per heavy atom. The quantitative estimate of drug-likeness (QED) is 0.657. The predicted octanol–water partition coefficient (Wildman–Crippen LogP) is 4.37. The molecule has 0 saturated carbocycles. The fraction of sp³-hybridized carbons (Fsp3) is 0.200. The van der Waals surface area contributed by atoms with Crippen LogP contribution in [0, 0.1) is 13.8 Å². The number of ether oxygens (including phenoxy) is 1. The molecule has 1 heterocycles. The normalized spacial score (nSPS) is 10.4. The van der Waals surface area contributed by atoms with Crippen LogP contribution in [0.2, 0.25) is 0 Å². The van der Waals surface area contributed by atoms with Crippen molar-refractivity contribution >= 4 is 28.7 Å². The second-order valence-corrected chi connectivity index (χ2v) is 6.50. The molecule has 0 bridgehead atoms. The van der Waals surface area contributed by atoms with Crippen LogP contribution < -0.4 is 15.4 Å². The summed E-state index contributed by atoms with van der Waals surface area (Å²) in [6.45, 7) is 4.80. The van der Waals surface area contributed by atoms with Gasteiger partial charge in [0.1, 0.15) is 5.75 Å². The first-order chi connectivity index (χ1) is 12.5. The molecule has 3 aromatic rings. The summed E-state index contributed by atoms with van der Waals surface area (Å²) in [5.74, 6) is 0.782. The van der Waals surface area contributed by atoms with Gasteiger partial charge in [0.2, 0.25) is 0 Å². The van der Waals surface area contributed by atoms with E-state index in [2.05, 4.69) is 40.9 Å². The number of aryl methyl sites for hydroxylation is 2. The van der Waals surface area contributed by atoms with Crippen molar-refractivity contribution in [3.63, 3.8) is 0 Å². The van der Waals surface area contributed by atoms with Gasteiger partial charge in [-0.25, -0.2) is 0 Å². The first-order valence-corrected chi connectivity index (χ1v) is 8.76. The van der Waals surface area contributed by atoms with E-state index in [4.69, 9.17) is 17.0 Å². The summed E-state index contributed by atoms with van der Waals surface area (Å²) in [5, 5.41) is 11.4. The standard InChI is InChI=1S/C20H22N4OS/c1-14-10-15(2)24(23-14)13-16-6-4-7-17(11-16)21-20(26)22-18-8-5-9-19(12-18)25-3/h4-12H,13H2,1-3H3,(H2,21,22,26). The Hall–Kier alpha value is -2.86. The van der Waals surface area contributed by atoms with E-state index in [0.29, 0.717) is 5.11 Å². The third kappa shape index (κ3) is 4.61. The number of anilines is 2. The Balaban J connectivity index is 1.66. The van der Waals surface area contributed by atoms with Gasteiger partial charge < -0.3 is 15.4 Å². The van der Waals surface area contributed by atoms with Crippen molar-refractivity contribution in [1.29, 1.82) is 0 Å². The average molecular weight is 366 g/mol. The minimum absolute atomic E-state index is 0.529. The lowest BCUT2D eigenvalue weighted by Gasteiger charge is -2.12. The van der Waals surface area contributed by atoms with Crippen LogP contribution in [0.15, 0.2) is 54.6 Å². The maximum Gasteiger partial charge on any atom is 0.175 e. The van der Waals surface area contributed by atoms with Crippen LogP contribution in [-0.4, -0.2) is 22.0 Å². The molecule has 134 valence electrons. The van der Waals surface area contributed by atoms with Gasteiger partial charge in [-0.15, -0.1) is 0 Å². The fourth-order valence-corrected chi connectivity index (χ4v) is 2.99. The van der Waals surface area contributed by atoms with Crippen molar-refractivity contribution in [1.82, 2.24) is 9.78 Å². The number of aromatic nitrogens is 2. The lowest BCUT2D eigenvalue weighted by atomic mass is 10.2. The van der Waals surface area contributed by atoms with E-state index in [1.807, 2.05) is 48.0 Å². The Bertz CT molecular complexity index is 920. The molecule has 2 N–H and O–H groups in total. The van der Waals surface area contributed by atoms with Crippen LogP contribution in [0.5, 0.6) is 5.75 Å². The summed E-state index contributed by atoms with van der Waals surface area (Å²) in [4.78, 5) is 0. The molecular formula is C20H22N4OS. The first kappa shape index (κ1) is 17.9. The number of thiocarbonyl (C=S) groups is 1. The summed E-state index contributed by atoms with van der Waals surface area (Å²) in [5.41, 5.74) is 5.15. The smallest absolute Gasteiger partial charge is 0.175 e. The lowest BCUT2D eigenvalue weighted by Crippen LogP contribution is -2.19. The molecule has 5 nitrogen and oxygen atoms in total. The summed E-state index contributed by atoms with van der Waals surface area (Å²) in [7, 11) is 1.64. The van der Waals surface area contributed by atoms with Gasteiger partial charge in [0, 0.05) is 23.1 Å². The summed E-state index contributed by atoms with van der Waals surface area (Å²) < 4.78 is 7.23. The van der Waals surface area contributed by atoms with Crippen LogP contribution in [0.3, 0.4) is 0 Å². The third-order valence-electron chi connectivity index (χ3n) is 3.95. The van der Waals surface area contributed by atoms with Crippen molar-refractivity contribution in [3.8, 4) is 5.75 Å². The Labute approximate surface area is 159 Å². The molecule has 0 aliphatic carbocycles. The summed E-state index contributed by atoms with van der Waals surface area (Å²) >= 11 is 5.41. The number of hydrogen-bond donors (Lipinski definition) is 2. The van der Waals surface area contributed by atoms with E-state index in [9.17, 15) is 0 Å². The van der Waals surface area contributed by atoms with E-state index >= 15 is 0 Å². The van der Waals surface area contributed by atoms with Crippen molar-refractivity contribution < 1.29 is 4.74 Å². The molecule has 2 aromatic carbocycles. The highest BCUT2D eigenvalue weighted by atomic mass is 32.1. The van der Waals surface area contributed by atoms with E-state index in [1.54, 1.807) is 7.11 Å². The largest absolute Gasteiger partial charge is 0.497 e. The Kier molecular flexibility index (Phi) is 5.53. The number of nitrogens with one attached hydrogen (secondary N) is 2. The summed E-state index contributed by atoms with van der Waals surface area (Å²) in [6.07, 6.45) is 0. The van der Waals surface area contributed by atoms with Gasteiger partial charge in [-0.1, -0.05) is 18.2 Å². The van der Waals surface area contributed by atoms with Gasteiger partial charge in [-0.05, 0) is 62.0 Å². The van der Waals surface area contributed by atoms with Gasteiger partial charge in [-0.3, -0.25) is 4.68 Å². The molecule has 0 atom stereocenters. The molecule has 0 unspecified atom stereocenters. The second kappa shape index (κ2) is 8.01. The molecule has 0 spiro atoms. The predicted molar refractivity (Wildman–Crippen MR) is 110 cm³/mol. The van der Waals surface area contributed by atoms with Gasteiger partial charge in [0.15, 0.2) is 5.11 Å². The zero-order valence-corrected chi connectivity index (χ0v) is 15.9. The molecule has 0 saturated heterocycles. The highest BCUT2D eigenvalue weighted by Crippen LogP contribution is 2.18. The van der Waals surface area contributed by atoms with Crippen molar-refractivity contribution in [3.05, 3.63) is 71.5 Å². The van der Waals surface area contributed by atoms with Gasteiger partial charge in [0.05, 0.1) is 19.3 Å². The molecule has 0 aliphatic rings. The van der Waals surface area contributed by atoms with E-state index < -0.39 is 0 Å². The molecule has 3 rings (SSSR count). The van der Waals surface area contributed by atoms with Crippen LogP contribution in [-0.2, 0) is 6.54 Å². The van der Waals surface area contributed by atoms with Gasteiger partial charge in [0.25, 0.3) is 0 Å². The van der Waals surface area contributed by atoms with E-state index in [1.165, 1.54) is 0 Å². The maximum absolute atomic E-state index is 5.41. The minimum atomic E-state index is 0.529. The number of methoxy groups -OCH3 is 1. The SMILES string of the molecule is COc1cccc(NC(=S)Nc2cccc(Cn3nc(C)cc3C)c2)c1. The van der Waals surface area contributed by atoms with Crippen LogP contribution >= 0.6 is 12.2 Å². The molecule has 0 radical (unpaired) electrons.